The zero-order valence-electron chi connectivity index (χ0n) is 12.7. The van der Waals surface area contributed by atoms with Gasteiger partial charge in [0.2, 0.25) is 0 Å². The van der Waals surface area contributed by atoms with E-state index in [1.807, 2.05) is 22.9 Å². The van der Waals surface area contributed by atoms with Crippen molar-refractivity contribution in [3.8, 4) is 0 Å². The molecule has 6 heteroatoms. The van der Waals surface area contributed by atoms with Gasteiger partial charge in [0.05, 0.1) is 31.1 Å². The van der Waals surface area contributed by atoms with Crippen molar-refractivity contribution < 1.29 is 9.67 Å². The lowest BCUT2D eigenvalue weighted by molar-refractivity contribution is -0.554. The third-order valence-corrected chi connectivity index (χ3v) is 3.92. The topological polar surface area (TPSA) is 74.3 Å². The molecule has 1 aliphatic rings. The van der Waals surface area contributed by atoms with Gasteiger partial charge in [0, 0.05) is 5.57 Å². The molecule has 22 heavy (non-hydrogen) atoms. The normalized spacial score (nSPS) is 15.7. The maximum Gasteiger partial charge on any atom is 0.332 e. The van der Waals surface area contributed by atoms with Crippen LogP contribution >= 0.6 is 0 Å². The van der Waals surface area contributed by atoms with E-state index in [0.717, 1.165) is 23.5 Å². The molecule has 0 atom stereocenters. The molecule has 3 heterocycles. The van der Waals surface area contributed by atoms with Crippen LogP contribution in [0.3, 0.4) is 0 Å². The molecular formula is C16H19N4O2+. The van der Waals surface area contributed by atoms with Gasteiger partial charge in [-0.05, 0) is 30.5 Å². The fourth-order valence-electron chi connectivity index (χ4n) is 2.80. The number of aromatic amines is 1. The number of nitrogens with one attached hydrogen (secondary N) is 1. The fraction of sp³-hybridized carbons (Fsp3) is 0.312. The molecule has 0 saturated heterocycles. The number of aliphatic hydroxyl groups excluding tert-OH is 1. The second-order valence-electron chi connectivity index (χ2n) is 5.19. The first-order valence-electron chi connectivity index (χ1n) is 7.36. The molecule has 3 rings (SSSR count). The second-order valence-corrected chi connectivity index (χ2v) is 5.19. The summed E-state index contributed by atoms with van der Waals surface area (Å²) in [5.41, 5.74) is 3.56. The van der Waals surface area contributed by atoms with Crippen molar-refractivity contribution >= 4 is 17.1 Å². The SMILES string of the molecule is CCC1=C(C)c2cccc[n+]2C1=Nc1c[nH]n(CCO)c1=O. The van der Waals surface area contributed by atoms with Crippen LogP contribution in [-0.4, -0.2) is 27.3 Å². The van der Waals surface area contributed by atoms with E-state index >= 15 is 0 Å². The first kappa shape index (κ1) is 14.5. The van der Waals surface area contributed by atoms with E-state index in [4.69, 9.17) is 5.11 Å². The van der Waals surface area contributed by atoms with Gasteiger partial charge in [0.1, 0.15) is 5.69 Å². The molecule has 0 bridgehead atoms. The number of aliphatic hydroxyl groups is 1. The van der Waals surface area contributed by atoms with Crippen molar-refractivity contribution in [3.05, 3.63) is 52.2 Å². The van der Waals surface area contributed by atoms with E-state index in [1.54, 1.807) is 6.20 Å². The molecule has 0 radical (unpaired) electrons. The summed E-state index contributed by atoms with van der Waals surface area (Å²) in [5.74, 6) is 0.794. The molecule has 0 amide bonds. The Labute approximate surface area is 128 Å². The minimum atomic E-state index is -0.223. The molecule has 0 aliphatic carbocycles. The smallest absolute Gasteiger partial charge is 0.332 e. The summed E-state index contributed by atoms with van der Waals surface area (Å²) in [6.45, 7) is 4.31. The lowest BCUT2D eigenvalue weighted by atomic mass is 10.1. The summed E-state index contributed by atoms with van der Waals surface area (Å²) >= 11 is 0. The van der Waals surface area contributed by atoms with Crippen LogP contribution in [-0.2, 0) is 6.54 Å². The third-order valence-electron chi connectivity index (χ3n) is 3.92. The monoisotopic (exact) mass is 299 g/mol. The molecule has 2 N–H and O–H groups in total. The molecule has 0 aromatic carbocycles. The zero-order chi connectivity index (χ0) is 15.7. The highest BCUT2D eigenvalue weighted by Crippen LogP contribution is 2.25. The summed E-state index contributed by atoms with van der Waals surface area (Å²) < 4.78 is 3.37. The lowest BCUT2D eigenvalue weighted by Crippen LogP contribution is -2.42. The molecular weight excluding hydrogens is 280 g/mol. The molecule has 0 spiro atoms. The Bertz CT molecular complexity index is 827. The number of pyridine rings is 1. The van der Waals surface area contributed by atoms with Crippen molar-refractivity contribution in [1.29, 1.82) is 0 Å². The van der Waals surface area contributed by atoms with Crippen LogP contribution in [0.15, 0.2) is 46.0 Å². The number of aliphatic imine (C=N–C) groups is 1. The Morgan fingerprint density at radius 1 is 1.41 bits per heavy atom. The quantitative estimate of drug-likeness (QED) is 0.833. The molecule has 2 aromatic heterocycles. The van der Waals surface area contributed by atoms with Crippen molar-refractivity contribution in [1.82, 2.24) is 9.78 Å². The number of nitrogens with zero attached hydrogens (tertiary/aromatic N) is 3. The first-order chi connectivity index (χ1) is 10.7. The van der Waals surface area contributed by atoms with Crippen LogP contribution in [0.5, 0.6) is 0 Å². The molecule has 0 fully saturated rings. The molecule has 0 saturated carbocycles. The number of allylic oxidation sites excluding steroid dienone is 2. The Kier molecular flexibility index (Phi) is 3.77. The Hall–Kier alpha value is -2.47. The molecule has 114 valence electrons. The zero-order valence-corrected chi connectivity index (χ0v) is 12.7. The predicted octanol–water partition coefficient (Wildman–Crippen LogP) is 1.23. The number of rotatable bonds is 4. The highest BCUT2D eigenvalue weighted by atomic mass is 16.3. The van der Waals surface area contributed by atoms with Gasteiger partial charge in [-0.1, -0.05) is 13.0 Å². The number of H-pyrrole nitrogens is 1. The first-order valence-corrected chi connectivity index (χ1v) is 7.36. The van der Waals surface area contributed by atoms with Crippen LogP contribution in [0.2, 0.25) is 0 Å². The summed E-state index contributed by atoms with van der Waals surface area (Å²) in [4.78, 5) is 16.8. The highest BCUT2D eigenvalue weighted by molar-refractivity contribution is 6.03. The van der Waals surface area contributed by atoms with Crippen LogP contribution in [0.4, 0.5) is 5.69 Å². The summed E-state index contributed by atoms with van der Waals surface area (Å²) in [6.07, 6.45) is 4.38. The van der Waals surface area contributed by atoms with Gasteiger partial charge in [0.25, 0.3) is 5.69 Å². The van der Waals surface area contributed by atoms with Crippen LogP contribution in [0.25, 0.3) is 5.57 Å². The molecule has 0 unspecified atom stereocenters. The Balaban J connectivity index is 2.13. The van der Waals surface area contributed by atoms with Crippen LogP contribution in [0.1, 0.15) is 26.0 Å². The molecule has 6 nitrogen and oxygen atoms in total. The third kappa shape index (κ3) is 2.21. The number of hydrogen-bond donors (Lipinski definition) is 2. The summed E-state index contributed by atoms with van der Waals surface area (Å²) in [7, 11) is 0. The van der Waals surface area contributed by atoms with Gasteiger partial charge in [-0.3, -0.25) is 9.89 Å². The highest BCUT2D eigenvalue weighted by Gasteiger charge is 2.31. The minimum absolute atomic E-state index is 0.0900. The fourth-order valence-corrected chi connectivity index (χ4v) is 2.80. The van der Waals surface area contributed by atoms with Gasteiger partial charge in [-0.25, -0.2) is 4.68 Å². The van der Waals surface area contributed by atoms with Crippen molar-refractivity contribution in [2.24, 2.45) is 4.99 Å². The summed E-state index contributed by atoms with van der Waals surface area (Å²) in [5, 5.41) is 11.8. The van der Waals surface area contributed by atoms with Crippen molar-refractivity contribution in [2.45, 2.75) is 26.8 Å². The maximum atomic E-state index is 12.2. The Morgan fingerprint density at radius 2 is 2.23 bits per heavy atom. The maximum absolute atomic E-state index is 12.2. The van der Waals surface area contributed by atoms with E-state index in [1.165, 1.54) is 10.3 Å². The van der Waals surface area contributed by atoms with Crippen LogP contribution in [0, 0.1) is 0 Å². The van der Waals surface area contributed by atoms with Gasteiger partial charge in [-0.2, -0.15) is 4.57 Å². The molecule has 2 aromatic rings. The number of fused-ring (bicyclic) bond motifs is 1. The van der Waals surface area contributed by atoms with Crippen molar-refractivity contribution in [3.63, 3.8) is 0 Å². The van der Waals surface area contributed by atoms with E-state index in [9.17, 15) is 4.79 Å². The van der Waals surface area contributed by atoms with Crippen molar-refractivity contribution in [2.75, 3.05) is 6.61 Å². The minimum Gasteiger partial charge on any atom is -0.394 e. The van der Waals surface area contributed by atoms with E-state index in [2.05, 4.69) is 30.0 Å². The van der Waals surface area contributed by atoms with E-state index in [0.29, 0.717) is 5.69 Å². The van der Waals surface area contributed by atoms with E-state index in [-0.39, 0.29) is 18.7 Å². The van der Waals surface area contributed by atoms with Gasteiger partial charge >= 0.3 is 11.4 Å². The average Bonchev–Trinajstić information content (AvgIpc) is 3.01. The van der Waals surface area contributed by atoms with Gasteiger partial charge in [-0.15, -0.1) is 0 Å². The van der Waals surface area contributed by atoms with Gasteiger partial charge < -0.3 is 5.11 Å². The van der Waals surface area contributed by atoms with E-state index < -0.39 is 0 Å². The molecule has 1 aliphatic heterocycles. The van der Waals surface area contributed by atoms with Crippen LogP contribution < -0.4 is 10.1 Å². The number of hydrogen-bond acceptors (Lipinski definition) is 3. The average molecular weight is 299 g/mol. The van der Waals surface area contributed by atoms with Gasteiger partial charge in [0.15, 0.2) is 0 Å². The summed E-state index contributed by atoms with van der Waals surface area (Å²) in [6, 6.07) is 6.00. The number of aromatic nitrogens is 3. The largest absolute Gasteiger partial charge is 0.394 e. The predicted molar refractivity (Wildman–Crippen MR) is 84.2 cm³/mol. The lowest BCUT2D eigenvalue weighted by Gasteiger charge is -1.96. The second kappa shape index (κ2) is 5.73. The Morgan fingerprint density at radius 3 is 2.95 bits per heavy atom. The standard InChI is InChI=1S/C16H18N4O2/c1-3-12-11(2)14-6-4-5-7-19(14)15(12)18-13-10-17-20(8-9-21)16(13)22/h4-7,10,21H,3,8-9H2,1-2H3/p+1.